The zero-order valence-corrected chi connectivity index (χ0v) is 26.6. The minimum absolute atomic E-state index is 0.0476. The molecule has 240 valence electrons. The van der Waals surface area contributed by atoms with Crippen LogP contribution in [0, 0.1) is 5.92 Å². The van der Waals surface area contributed by atoms with Crippen molar-refractivity contribution in [3.63, 3.8) is 0 Å². The van der Waals surface area contributed by atoms with Crippen LogP contribution in [0.1, 0.15) is 26.2 Å². The van der Waals surface area contributed by atoms with Gasteiger partial charge in [0.25, 0.3) is 0 Å². The van der Waals surface area contributed by atoms with Crippen molar-refractivity contribution in [2.45, 2.75) is 31.6 Å². The van der Waals surface area contributed by atoms with Gasteiger partial charge in [-0.05, 0) is 55.2 Å². The van der Waals surface area contributed by atoms with Crippen molar-refractivity contribution in [1.82, 2.24) is 9.97 Å². The molecule has 0 atom stereocenters. The summed E-state index contributed by atoms with van der Waals surface area (Å²) in [6.07, 6.45) is 3.10. The number of ether oxygens (including phenoxy) is 1. The van der Waals surface area contributed by atoms with Gasteiger partial charge >= 0.3 is 21.2 Å². The molecule has 1 aliphatic rings. The Bertz CT molecular complexity index is 1670. The van der Waals surface area contributed by atoms with Crippen LogP contribution in [0.2, 0.25) is 5.02 Å². The summed E-state index contributed by atoms with van der Waals surface area (Å²) < 4.78 is 28.8. The fraction of sp³-hybridized carbons (Fsp3) is 0.286. The lowest BCUT2D eigenvalue weighted by molar-refractivity contribution is -0.134. The van der Waals surface area contributed by atoms with Crippen LogP contribution in [0.4, 0.5) is 23.0 Å². The van der Waals surface area contributed by atoms with E-state index < -0.39 is 33.0 Å². The van der Waals surface area contributed by atoms with Gasteiger partial charge in [0, 0.05) is 30.0 Å². The monoisotopic (exact) mass is 679 g/mol. The maximum absolute atomic E-state index is 12.7. The molecule has 0 bridgehead atoms. The van der Waals surface area contributed by atoms with Crippen LogP contribution in [-0.4, -0.2) is 59.9 Å². The lowest BCUT2D eigenvalue weighted by Crippen LogP contribution is -2.33. The third-order valence-corrected chi connectivity index (χ3v) is 11.0. The van der Waals surface area contributed by atoms with E-state index in [1.54, 1.807) is 36.4 Å². The summed E-state index contributed by atoms with van der Waals surface area (Å²) in [5.41, 5.74) is 2.50. The van der Waals surface area contributed by atoms with Gasteiger partial charge in [-0.2, -0.15) is 0 Å². The van der Waals surface area contributed by atoms with Gasteiger partial charge in [0.15, 0.2) is 11.1 Å². The van der Waals surface area contributed by atoms with Gasteiger partial charge in [-0.25, -0.2) is 9.97 Å². The number of carbonyl (C=O) groups excluding carboxylic acids is 2. The summed E-state index contributed by atoms with van der Waals surface area (Å²) in [5, 5.41) is 3.53. The number of hydrogen-bond acceptors (Lipinski definition) is 9. The number of nitrogens with zero attached hydrogens (tertiary/aromatic N) is 3. The molecule has 2 aromatic carbocycles. The topological polar surface area (TPSA) is 212 Å². The quantitative estimate of drug-likeness (QED) is 0.0691. The zero-order chi connectivity index (χ0) is 32.9. The number of nitrogens with one attached hydrogen (secondary N) is 2. The predicted octanol–water partition coefficient (Wildman–Crippen LogP) is 4.88. The first-order valence-corrected chi connectivity index (χ1v) is 17.4. The fourth-order valence-corrected chi connectivity index (χ4v) is 7.16. The molecule has 45 heavy (non-hydrogen) atoms. The van der Waals surface area contributed by atoms with E-state index in [-0.39, 0.29) is 22.6 Å². The summed E-state index contributed by atoms with van der Waals surface area (Å²) in [5.74, 6) is -0.878. The Morgan fingerprint density at radius 2 is 1.80 bits per heavy atom. The minimum atomic E-state index is -5.32. The van der Waals surface area contributed by atoms with Crippen LogP contribution in [0.25, 0.3) is 11.3 Å². The largest absolute Gasteiger partial charge is 0.424 e. The maximum Gasteiger partial charge on any atom is 0.341 e. The van der Waals surface area contributed by atoms with Gasteiger partial charge in [0.1, 0.15) is 0 Å². The summed E-state index contributed by atoms with van der Waals surface area (Å²) >= 11 is 6.41. The Balaban J connectivity index is 1.62. The molecule has 0 saturated carbocycles. The minimum Gasteiger partial charge on any atom is -0.424 e. The highest BCUT2D eigenvalue weighted by atomic mass is 35.5. The molecule has 1 fully saturated rings. The second-order valence-corrected chi connectivity index (χ2v) is 14.9. The Hall–Kier alpha value is -3.61. The summed E-state index contributed by atoms with van der Waals surface area (Å²) in [4.78, 5) is 72.8. The number of aromatic nitrogens is 2. The van der Waals surface area contributed by atoms with E-state index in [1.165, 1.54) is 12.3 Å². The summed E-state index contributed by atoms with van der Waals surface area (Å²) in [6, 6.07) is 11.6. The van der Waals surface area contributed by atoms with Crippen molar-refractivity contribution >= 4 is 61.7 Å². The molecule has 0 radical (unpaired) electrons. The van der Waals surface area contributed by atoms with E-state index in [9.17, 15) is 38.3 Å². The first kappa shape index (κ1) is 34.3. The number of halogens is 1. The smallest absolute Gasteiger partial charge is 0.341 e. The fourth-order valence-electron chi connectivity index (χ4n) is 4.62. The number of anilines is 4. The normalized spacial score (nSPS) is 14.2. The SMILES string of the molecule is C=CC(=O)Nc1cccc(-c2nc(Nc3ccc(OC(=O)CC(P(=O)(O)O)P(=O)(O)O)c(N4CCC(C)CC4)c3)ncc2Cl)c1. The molecule has 1 saturated heterocycles. The molecule has 17 heteroatoms. The van der Waals surface area contributed by atoms with Crippen LogP contribution in [-0.2, 0) is 18.7 Å². The molecular weight excluding hydrogens is 648 g/mol. The average molecular weight is 680 g/mol. The van der Waals surface area contributed by atoms with Crippen LogP contribution in [0.15, 0.2) is 61.3 Å². The van der Waals surface area contributed by atoms with Crippen LogP contribution in [0.3, 0.4) is 0 Å². The first-order valence-electron chi connectivity index (χ1n) is 13.7. The van der Waals surface area contributed by atoms with Crippen LogP contribution in [0.5, 0.6) is 5.75 Å². The summed E-state index contributed by atoms with van der Waals surface area (Å²) in [6.45, 7) is 6.82. The number of hydrogen-bond donors (Lipinski definition) is 6. The van der Waals surface area contributed by atoms with E-state index in [0.29, 0.717) is 47.3 Å². The Labute approximate surface area is 263 Å². The average Bonchev–Trinajstić information content (AvgIpc) is 2.97. The highest BCUT2D eigenvalue weighted by Gasteiger charge is 2.45. The number of carbonyl (C=O) groups is 2. The highest BCUT2D eigenvalue weighted by molar-refractivity contribution is 7.70. The molecule has 1 amide bonds. The van der Waals surface area contributed by atoms with E-state index in [4.69, 9.17) is 16.3 Å². The molecule has 14 nitrogen and oxygen atoms in total. The molecule has 1 aliphatic heterocycles. The molecule has 6 N–H and O–H groups in total. The Kier molecular flexibility index (Phi) is 10.8. The van der Waals surface area contributed by atoms with Crippen molar-refractivity contribution in [2.24, 2.45) is 5.92 Å². The van der Waals surface area contributed by atoms with Crippen molar-refractivity contribution in [2.75, 3.05) is 28.6 Å². The van der Waals surface area contributed by atoms with Crippen molar-refractivity contribution in [1.29, 1.82) is 0 Å². The number of rotatable bonds is 11. The van der Waals surface area contributed by atoms with Crippen molar-refractivity contribution in [3.8, 4) is 17.0 Å². The van der Waals surface area contributed by atoms with E-state index in [0.717, 1.165) is 18.9 Å². The van der Waals surface area contributed by atoms with Gasteiger partial charge in [-0.3, -0.25) is 18.7 Å². The van der Waals surface area contributed by atoms with Gasteiger partial charge in [0.05, 0.1) is 29.0 Å². The molecule has 4 rings (SSSR count). The van der Waals surface area contributed by atoms with E-state index in [1.807, 2.05) is 4.90 Å². The van der Waals surface area contributed by atoms with Gasteiger partial charge in [0.2, 0.25) is 11.9 Å². The van der Waals surface area contributed by atoms with Gasteiger partial charge in [-0.15, -0.1) is 0 Å². The molecule has 3 aromatic rings. The number of piperidine rings is 1. The van der Waals surface area contributed by atoms with Crippen LogP contribution < -0.4 is 20.3 Å². The first-order chi connectivity index (χ1) is 21.1. The second-order valence-electron chi connectivity index (χ2n) is 10.5. The molecule has 0 aliphatic carbocycles. The highest BCUT2D eigenvalue weighted by Crippen LogP contribution is 2.61. The zero-order valence-electron chi connectivity index (χ0n) is 24.0. The predicted molar refractivity (Wildman–Crippen MR) is 170 cm³/mol. The van der Waals surface area contributed by atoms with Gasteiger partial charge < -0.3 is 39.8 Å². The molecule has 0 unspecified atom stereocenters. The van der Waals surface area contributed by atoms with Crippen molar-refractivity contribution in [3.05, 3.63) is 66.3 Å². The number of benzene rings is 2. The van der Waals surface area contributed by atoms with E-state index >= 15 is 0 Å². The Morgan fingerprint density at radius 1 is 1.11 bits per heavy atom. The molecular formula is C28H32ClN5O9P2. The summed E-state index contributed by atoms with van der Waals surface area (Å²) in [7, 11) is -10.6. The maximum atomic E-state index is 12.7. The third-order valence-electron chi connectivity index (χ3n) is 7.02. The number of amides is 1. The Morgan fingerprint density at radius 3 is 2.44 bits per heavy atom. The lowest BCUT2D eigenvalue weighted by Gasteiger charge is -2.33. The third kappa shape index (κ3) is 9.21. The molecule has 1 aromatic heterocycles. The molecule has 0 spiro atoms. The van der Waals surface area contributed by atoms with E-state index in [2.05, 4.69) is 34.1 Å². The number of esters is 1. The van der Waals surface area contributed by atoms with Crippen molar-refractivity contribution < 1.29 is 43.0 Å². The second kappa shape index (κ2) is 14.2. The standard InChI is InChI=1S/C28H32ClN5O9P2/c1-3-24(35)31-19-6-4-5-18(13-19)27-21(29)16-30-28(33-27)32-20-7-8-23(22(14-20)34-11-9-17(2)10-12-34)43-25(36)15-26(44(37,38)39)45(40,41)42/h3-8,13-14,16-17,26H,1,9-12,15H2,2H3,(H,31,35)(H,30,32,33)(H2,37,38,39)(H2,40,41,42). The molecule has 2 heterocycles. The van der Waals surface area contributed by atoms with Crippen LogP contribution >= 0.6 is 26.8 Å². The van der Waals surface area contributed by atoms with Gasteiger partial charge in [-0.1, -0.05) is 37.2 Å². The lowest BCUT2D eigenvalue weighted by atomic mass is 9.98.